The number of carbonyl (C=O) groups is 1. The molecule has 0 aliphatic carbocycles. The number of carbonyl (C=O) groups excluding carboxylic acids is 1. The Hall–Kier alpha value is -3.72. The van der Waals surface area contributed by atoms with E-state index in [9.17, 15) is 17.6 Å². The van der Waals surface area contributed by atoms with Gasteiger partial charge in [0, 0.05) is 25.9 Å². The first-order valence-electron chi connectivity index (χ1n) is 10.0. The lowest BCUT2D eigenvalue weighted by Gasteiger charge is -2.19. The number of sulfone groups is 1. The van der Waals surface area contributed by atoms with Crippen LogP contribution in [0.4, 0.5) is 10.1 Å². The maximum Gasteiger partial charge on any atom is 0.255 e. The Balaban J connectivity index is 1.73. The van der Waals surface area contributed by atoms with Gasteiger partial charge >= 0.3 is 0 Å². The number of hydrogen-bond donors (Lipinski definition) is 1. The summed E-state index contributed by atoms with van der Waals surface area (Å²) in [6, 6.07) is 13.6. The lowest BCUT2D eigenvalue weighted by Crippen LogP contribution is -2.28. The zero-order chi connectivity index (χ0) is 23.8. The van der Waals surface area contributed by atoms with Crippen LogP contribution < -0.4 is 10.1 Å². The largest absolute Gasteiger partial charge is 0.494 e. The molecule has 0 saturated carbocycles. The summed E-state index contributed by atoms with van der Waals surface area (Å²) in [5.74, 6) is -0.554. The summed E-state index contributed by atoms with van der Waals surface area (Å²) in [4.78, 5) is 18.3. The van der Waals surface area contributed by atoms with Crippen LogP contribution in [0, 0.1) is 5.82 Å². The smallest absolute Gasteiger partial charge is 0.255 e. The summed E-state index contributed by atoms with van der Waals surface area (Å²) in [6.07, 6.45) is 6.08. The molecule has 7 nitrogen and oxygen atoms in total. The van der Waals surface area contributed by atoms with Crippen LogP contribution in [0.1, 0.15) is 15.9 Å². The molecule has 0 unspecified atom stereocenters. The van der Waals surface area contributed by atoms with Crippen LogP contribution in [0.3, 0.4) is 0 Å². The van der Waals surface area contributed by atoms with Crippen LogP contribution in [0.2, 0.25) is 0 Å². The molecule has 2 aromatic carbocycles. The molecule has 0 radical (unpaired) electrons. The van der Waals surface area contributed by atoms with Crippen LogP contribution >= 0.6 is 0 Å². The number of methoxy groups -OCH3 is 1. The summed E-state index contributed by atoms with van der Waals surface area (Å²) < 4.78 is 44.3. The molecule has 0 atom stereocenters. The van der Waals surface area contributed by atoms with Crippen molar-refractivity contribution in [1.82, 2.24) is 9.88 Å². The van der Waals surface area contributed by atoms with E-state index in [1.54, 1.807) is 49.8 Å². The van der Waals surface area contributed by atoms with E-state index >= 15 is 0 Å². The van der Waals surface area contributed by atoms with Crippen LogP contribution in [0.15, 0.2) is 84.2 Å². The van der Waals surface area contributed by atoms with E-state index in [2.05, 4.69) is 10.3 Å². The maximum atomic E-state index is 13.1. The second-order valence-electron chi connectivity index (χ2n) is 7.19. The van der Waals surface area contributed by atoms with E-state index in [0.29, 0.717) is 11.4 Å². The second-order valence-corrected chi connectivity index (χ2v) is 9.19. The summed E-state index contributed by atoms with van der Waals surface area (Å²) in [6.45, 7) is 0.213. The third-order valence-corrected chi connectivity index (χ3v) is 6.46. The molecule has 33 heavy (non-hydrogen) atoms. The normalized spacial score (nSPS) is 11.4. The van der Waals surface area contributed by atoms with Crippen molar-refractivity contribution in [2.24, 2.45) is 0 Å². The van der Waals surface area contributed by atoms with E-state index in [1.807, 2.05) is 0 Å². The number of nitrogens with zero attached hydrogens (tertiary/aromatic N) is 2. The molecule has 0 saturated heterocycles. The number of hydrogen-bond acceptors (Lipinski definition) is 6. The number of amides is 1. The number of rotatable bonds is 9. The lowest BCUT2D eigenvalue weighted by atomic mass is 10.1. The average Bonchev–Trinajstić information content (AvgIpc) is 2.83. The van der Waals surface area contributed by atoms with Gasteiger partial charge in [0.1, 0.15) is 11.6 Å². The minimum atomic E-state index is -3.79. The highest BCUT2D eigenvalue weighted by Gasteiger charge is 2.23. The molecule has 1 aromatic heterocycles. The Morgan fingerprint density at radius 3 is 2.61 bits per heavy atom. The van der Waals surface area contributed by atoms with E-state index in [-0.39, 0.29) is 28.6 Å². The van der Waals surface area contributed by atoms with Crippen molar-refractivity contribution in [1.29, 1.82) is 0 Å². The SMILES string of the molecule is COc1ccncc1NC=CCS(=O)(=O)c1ccccc1C(=O)N(C)Cc1ccc(F)cc1. The molecule has 0 aliphatic heterocycles. The highest BCUT2D eigenvalue weighted by Crippen LogP contribution is 2.22. The van der Waals surface area contributed by atoms with E-state index in [0.717, 1.165) is 5.56 Å². The van der Waals surface area contributed by atoms with E-state index < -0.39 is 15.7 Å². The zero-order valence-electron chi connectivity index (χ0n) is 18.2. The molecule has 3 aromatic rings. The van der Waals surface area contributed by atoms with Gasteiger partial charge in [-0.1, -0.05) is 30.3 Å². The van der Waals surface area contributed by atoms with Crippen LogP contribution in [-0.2, 0) is 16.4 Å². The number of ether oxygens (including phenoxy) is 1. The minimum absolute atomic E-state index is 0.0513. The molecule has 0 spiro atoms. The highest BCUT2D eigenvalue weighted by atomic mass is 32.2. The summed E-state index contributed by atoms with van der Waals surface area (Å²) in [5, 5.41) is 2.94. The second kappa shape index (κ2) is 10.7. The third-order valence-electron chi connectivity index (χ3n) is 4.81. The van der Waals surface area contributed by atoms with Gasteiger partial charge in [-0.25, -0.2) is 12.8 Å². The predicted molar refractivity (Wildman–Crippen MR) is 124 cm³/mol. The zero-order valence-corrected chi connectivity index (χ0v) is 19.0. The van der Waals surface area contributed by atoms with Crippen LogP contribution in [-0.4, -0.2) is 44.1 Å². The average molecular weight is 470 g/mol. The molecule has 172 valence electrons. The highest BCUT2D eigenvalue weighted by molar-refractivity contribution is 7.91. The fourth-order valence-corrected chi connectivity index (χ4v) is 4.44. The molecule has 0 aliphatic rings. The Labute approximate surface area is 192 Å². The minimum Gasteiger partial charge on any atom is -0.494 e. The Bertz CT molecular complexity index is 1240. The first kappa shape index (κ1) is 23.9. The molecule has 1 amide bonds. The van der Waals surface area contributed by atoms with Gasteiger partial charge < -0.3 is 15.0 Å². The van der Waals surface area contributed by atoms with Crippen molar-refractivity contribution >= 4 is 21.4 Å². The molecule has 1 heterocycles. The van der Waals surface area contributed by atoms with Crippen molar-refractivity contribution in [3.63, 3.8) is 0 Å². The number of aromatic nitrogens is 1. The van der Waals surface area contributed by atoms with Crippen molar-refractivity contribution in [2.45, 2.75) is 11.4 Å². The number of pyridine rings is 1. The van der Waals surface area contributed by atoms with Gasteiger partial charge in [0.25, 0.3) is 5.91 Å². The maximum absolute atomic E-state index is 13.1. The van der Waals surface area contributed by atoms with Gasteiger partial charge in [0.2, 0.25) is 0 Å². The van der Waals surface area contributed by atoms with E-state index in [1.165, 1.54) is 48.6 Å². The number of benzene rings is 2. The Kier molecular flexibility index (Phi) is 7.78. The van der Waals surface area contributed by atoms with Gasteiger partial charge in [-0.2, -0.15) is 0 Å². The topological polar surface area (TPSA) is 88.6 Å². The lowest BCUT2D eigenvalue weighted by molar-refractivity contribution is 0.0781. The Morgan fingerprint density at radius 2 is 1.88 bits per heavy atom. The monoisotopic (exact) mass is 469 g/mol. The molecule has 3 rings (SSSR count). The molecule has 9 heteroatoms. The van der Waals surface area contributed by atoms with Gasteiger partial charge in [-0.3, -0.25) is 9.78 Å². The van der Waals surface area contributed by atoms with Crippen LogP contribution in [0.5, 0.6) is 5.75 Å². The first-order chi connectivity index (χ1) is 15.8. The fraction of sp³-hybridized carbons (Fsp3) is 0.167. The number of anilines is 1. The van der Waals surface area contributed by atoms with Crippen molar-refractivity contribution in [3.8, 4) is 5.75 Å². The summed E-state index contributed by atoms with van der Waals surface area (Å²) >= 11 is 0. The number of halogens is 1. The number of nitrogens with one attached hydrogen (secondary N) is 1. The fourth-order valence-electron chi connectivity index (χ4n) is 3.14. The van der Waals surface area contributed by atoms with Crippen molar-refractivity contribution < 1.29 is 22.3 Å². The molecular weight excluding hydrogens is 445 g/mol. The quantitative estimate of drug-likeness (QED) is 0.511. The predicted octanol–water partition coefficient (Wildman–Crippen LogP) is 3.90. The first-order valence-corrected chi connectivity index (χ1v) is 11.7. The summed E-state index contributed by atoms with van der Waals surface area (Å²) in [5.41, 5.74) is 1.40. The van der Waals surface area contributed by atoms with Crippen LogP contribution in [0.25, 0.3) is 0 Å². The van der Waals surface area contributed by atoms with Gasteiger partial charge in [-0.15, -0.1) is 0 Å². The molecular formula is C24H24FN3O4S. The molecule has 0 bridgehead atoms. The van der Waals surface area contributed by atoms with Crippen molar-refractivity contribution in [3.05, 3.63) is 96.2 Å². The van der Waals surface area contributed by atoms with Gasteiger partial charge in [0.15, 0.2) is 9.84 Å². The van der Waals surface area contributed by atoms with E-state index in [4.69, 9.17) is 4.74 Å². The molecule has 1 N–H and O–H groups in total. The van der Waals surface area contributed by atoms with Gasteiger partial charge in [0.05, 0.1) is 35.2 Å². The summed E-state index contributed by atoms with van der Waals surface area (Å²) in [7, 11) is -0.696. The van der Waals surface area contributed by atoms with Crippen molar-refractivity contribution in [2.75, 3.05) is 25.2 Å². The van der Waals surface area contributed by atoms with Gasteiger partial charge in [-0.05, 0) is 36.0 Å². The standard InChI is InChI=1S/C24H24FN3O4S/c1-28(17-18-8-10-19(25)11-9-18)24(29)20-6-3-4-7-23(20)33(30,31)15-5-13-27-21-16-26-14-12-22(21)32-2/h3-14,16,27H,15,17H2,1-2H3. The third kappa shape index (κ3) is 6.17. The Morgan fingerprint density at radius 1 is 1.15 bits per heavy atom. The molecule has 0 fully saturated rings.